The number of hydrogen-bond acceptors (Lipinski definition) is 6. The number of rotatable bonds is 3. The van der Waals surface area contributed by atoms with E-state index in [4.69, 9.17) is 4.74 Å². The second-order valence-electron chi connectivity index (χ2n) is 7.39. The Morgan fingerprint density at radius 3 is 2.38 bits per heavy atom. The molecule has 1 aromatic carbocycles. The maximum Gasteiger partial charge on any atom is 0.254 e. The molecule has 29 heavy (non-hydrogen) atoms. The monoisotopic (exact) mass is 392 g/mol. The third-order valence-corrected chi connectivity index (χ3v) is 5.67. The molecule has 2 aliphatic rings. The van der Waals surface area contributed by atoms with Gasteiger partial charge in [-0.25, -0.2) is 9.97 Å². The maximum absolute atomic E-state index is 12.9. The molecule has 0 unspecified atom stereocenters. The van der Waals surface area contributed by atoms with Crippen molar-refractivity contribution in [3.8, 4) is 0 Å². The number of aromatic nitrogens is 3. The average molecular weight is 392 g/mol. The minimum absolute atomic E-state index is 0.0813. The predicted molar refractivity (Wildman–Crippen MR) is 111 cm³/mol. The molecule has 0 bridgehead atoms. The summed E-state index contributed by atoms with van der Waals surface area (Å²) >= 11 is 0. The molecule has 8 heteroatoms. The molecule has 0 aliphatic carbocycles. The average Bonchev–Trinajstić information content (AvgIpc) is 3.27. The van der Waals surface area contributed by atoms with Crippen LogP contribution < -0.4 is 9.80 Å². The van der Waals surface area contributed by atoms with Gasteiger partial charge in [0.15, 0.2) is 0 Å². The number of carbonyl (C=O) groups is 1. The van der Waals surface area contributed by atoms with Gasteiger partial charge in [0.1, 0.15) is 18.0 Å². The molecule has 0 saturated carbocycles. The van der Waals surface area contributed by atoms with E-state index in [1.54, 1.807) is 6.33 Å². The first-order valence-electron chi connectivity index (χ1n) is 10.0. The summed E-state index contributed by atoms with van der Waals surface area (Å²) in [5.41, 5.74) is 1.72. The number of amides is 1. The van der Waals surface area contributed by atoms with Gasteiger partial charge in [-0.05, 0) is 23.6 Å². The zero-order valence-corrected chi connectivity index (χ0v) is 16.3. The van der Waals surface area contributed by atoms with E-state index in [0.29, 0.717) is 13.1 Å². The van der Waals surface area contributed by atoms with Crippen molar-refractivity contribution in [3.05, 3.63) is 48.4 Å². The number of fused-ring (bicyclic) bond motifs is 1. The Hall–Kier alpha value is -3.13. The van der Waals surface area contributed by atoms with E-state index in [9.17, 15) is 4.79 Å². The summed E-state index contributed by atoms with van der Waals surface area (Å²) in [6, 6.07) is 9.88. The number of ether oxygens (including phenoxy) is 1. The lowest BCUT2D eigenvalue weighted by Gasteiger charge is -2.36. The van der Waals surface area contributed by atoms with Crippen molar-refractivity contribution >= 4 is 28.4 Å². The summed E-state index contributed by atoms with van der Waals surface area (Å²) < 4.78 is 5.42. The molecule has 0 atom stereocenters. The number of carbonyl (C=O) groups excluding carboxylic acids is 1. The van der Waals surface area contributed by atoms with Crippen LogP contribution in [0, 0.1) is 0 Å². The van der Waals surface area contributed by atoms with Crippen molar-refractivity contribution < 1.29 is 9.53 Å². The van der Waals surface area contributed by atoms with Gasteiger partial charge < -0.3 is 24.4 Å². The van der Waals surface area contributed by atoms with Crippen LogP contribution in [0.5, 0.6) is 0 Å². The summed E-state index contributed by atoms with van der Waals surface area (Å²) in [5.74, 6) is 1.94. The Morgan fingerprint density at radius 2 is 1.62 bits per heavy atom. The molecule has 2 fully saturated rings. The molecular weight excluding hydrogens is 368 g/mol. The van der Waals surface area contributed by atoms with Gasteiger partial charge in [-0.15, -0.1) is 0 Å². The topological polar surface area (TPSA) is 77.6 Å². The second kappa shape index (κ2) is 7.71. The zero-order chi connectivity index (χ0) is 19.6. The molecule has 4 heterocycles. The standard InChI is InChI=1S/C21H24N6O2/c28-21(17-2-1-16-3-4-22-18(16)13-17)27-7-5-25(6-8-27)19-14-20(24-15-23-19)26-9-11-29-12-10-26/h1-4,13-15,22H,5-12H2. The number of H-pyrrole nitrogens is 1. The van der Waals surface area contributed by atoms with Crippen LogP contribution in [0.3, 0.4) is 0 Å². The van der Waals surface area contributed by atoms with Crippen LogP contribution in [0.1, 0.15) is 10.4 Å². The zero-order valence-electron chi connectivity index (χ0n) is 16.3. The van der Waals surface area contributed by atoms with Gasteiger partial charge in [0.25, 0.3) is 5.91 Å². The van der Waals surface area contributed by atoms with E-state index in [-0.39, 0.29) is 5.91 Å². The minimum atomic E-state index is 0.0813. The van der Waals surface area contributed by atoms with Crippen molar-refractivity contribution in [1.29, 1.82) is 0 Å². The summed E-state index contributed by atoms with van der Waals surface area (Å²) in [7, 11) is 0. The number of nitrogens with one attached hydrogen (secondary N) is 1. The van der Waals surface area contributed by atoms with Crippen molar-refractivity contribution in [2.24, 2.45) is 0 Å². The van der Waals surface area contributed by atoms with E-state index in [1.807, 2.05) is 41.4 Å². The molecule has 0 radical (unpaired) electrons. The largest absolute Gasteiger partial charge is 0.378 e. The van der Waals surface area contributed by atoms with Crippen LogP contribution in [-0.2, 0) is 4.74 Å². The quantitative estimate of drug-likeness (QED) is 0.732. The highest BCUT2D eigenvalue weighted by atomic mass is 16.5. The van der Waals surface area contributed by atoms with Crippen LogP contribution in [0.4, 0.5) is 11.6 Å². The molecule has 2 saturated heterocycles. The van der Waals surface area contributed by atoms with Crippen LogP contribution >= 0.6 is 0 Å². The van der Waals surface area contributed by atoms with E-state index < -0.39 is 0 Å². The van der Waals surface area contributed by atoms with Crippen molar-refractivity contribution in [2.75, 3.05) is 62.3 Å². The van der Waals surface area contributed by atoms with Gasteiger partial charge >= 0.3 is 0 Å². The van der Waals surface area contributed by atoms with E-state index in [2.05, 4.69) is 24.8 Å². The van der Waals surface area contributed by atoms with E-state index >= 15 is 0 Å². The highest BCUT2D eigenvalue weighted by Crippen LogP contribution is 2.21. The SMILES string of the molecule is O=C(c1ccc2cc[nH]c2c1)N1CCN(c2cc(N3CCOCC3)ncn2)CC1. The maximum atomic E-state index is 12.9. The van der Waals surface area contributed by atoms with Crippen molar-refractivity contribution in [2.45, 2.75) is 0 Å². The first kappa shape index (κ1) is 17.9. The second-order valence-corrected chi connectivity index (χ2v) is 7.39. The smallest absolute Gasteiger partial charge is 0.254 e. The Kier molecular flexibility index (Phi) is 4.77. The summed E-state index contributed by atoms with van der Waals surface area (Å²) in [6.07, 6.45) is 3.52. The third kappa shape index (κ3) is 3.63. The molecular formula is C21H24N6O2. The number of piperazine rings is 1. The molecule has 2 aromatic heterocycles. The highest BCUT2D eigenvalue weighted by molar-refractivity contribution is 5.98. The van der Waals surface area contributed by atoms with Gasteiger partial charge in [0.05, 0.1) is 13.2 Å². The number of aromatic amines is 1. The van der Waals surface area contributed by atoms with Gasteiger partial charge in [-0.3, -0.25) is 4.79 Å². The van der Waals surface area contributed by atoms with E-state index in [0.717, 1.165) is 67.5 Å². The summed E-state index contributed by atoms with van der Waals surface area (Å²) in [6.45, 7) is 6.04. The lowest BCUT2D eigenvalue weighted by atomic mass is 10.1. The molecule has 5 rings (SSSR count). The Bertz CT molecular complexity index is 1010. The molecule has 3 aromatic rings. The number of morpholine rings is 1. The van der Waals surface area contributed by atoms with Gasteiger partial charge in [-0.2, -0.15) is 0 Å². The van der Waals surface area contributed by atoms with Gasteiger partial charge in [0.2, 0.25) is 0 Å². The van der Waals surface area contributed by atoms with Crippen LogP contribution in [-0.4, -0.2) is 78.2 Å². The molecule has 150 valence electrons. The minimum Gasteiger partial charge on any atom is -0.378 e. The van der Waals surface area contributed by atoms with Gasteiger partial charge in [-0.1, -0.05) is 6.07 Å². The molecule has 1 amide bonds. The fourth-order valence-corrected chi connectivity index (χ4v) is 3.98. The van der Waals surface area contributed by atoms with Crippen molar-refractivity contribution in [3.63, 3.8) is 0 Å². The number of hydrogen-bond donors (Lipinski definition) is 1. The van der Waals surface area contributed by atoms with Crippen LogP contribution in [0.25, 0.3) is 10.9 Å². The summed E-state index contributed by atoms with van der Waals surface area (Å²) in [4.78, 5) is 31.4. The van der Waals surface area contributed by atoms with Crippen LogP contribution in [0.15, 0.2) is 42.9 Å². The lowest BCUT2D eigenvalue weighted by molar-refractivity contribution is 0.0746. The predicted octanol–water partition coefficient (Wildman–Crippen LogP) is 1.76. The van der Waals surface area contributed by atoms with Crippen molar-refractivity contribution in [1.82, 2.24) is 19.9 Å². The van der Waals surface area contributed by atoms with E-state index in [1.165, 1.54) is 0 Å². The third-order valence-electron chi connectivity index (χ3n) is 5.67. The Balaban J connectivity index is 1.24. The molecule has 2 aliphatic heterocycles. The first-order chi connectivity index (χ1) is 14.3. The molecule has 1 N–H and O–H groups in total. The highest BCUT2D eigenvalue weighted by Gasteiger charge is 2.24. The lowest BCUT2D eigenvalue weighted by Crippen LogP contribution is -2.49. The Labute approximate surface area is 169 Å². The number of benzene rings is 1. The summed E-state index contributed by atoms with van der Waals surface area (Å²) in [5, 5.41) is 1.12. The molecule has 8 nitrogen and oxygen atoms in total. The Morgan fingerprint density at radius 1 is 0.897 bits per heavy atom. The normalized spacial score (nSPS) is 17.7. The molecule has 0 spiro atoms. The first-order valence-corrected chi connectivity index (χ1v) is 10.0. The fourth-order valence-electron chi connectivity index (χ4n) is 3.98. The fraction of sp³-hybridized carbons (Fsp3) is 0.381. The number of nitrogens with zero attached hydrogens (tertiary/aromatic N) is 5. The number of anilines is 2. The van der Waals surface area contributed by atoms with Gasteiger partial charge in [0, 0.05) is 62.6 Å². The van der Waals surface area contributed by atoms with Crippen LogP contribution in [0.2, 0.25) is 0 Å².